The summed E-state index contributed by atoms with van der Waals surface area (Å²) in [4.78, 5) is 2.17. The maximum atomic E-state index is 10.1. The monoisotopic (exact) mass is 238 g/mol. The van der Waals surface area contributed by atoms with Crippen LogP contribution in [0.2, 0.25) is 0 Å². The minimum absolute atomic E-state index is 0.511. The molecule has 0 heterocycles. The molecule has 0 amide bonds. The van der Waals surface area contributed by atoms with Gasteiger partial charge in [0, 0.05) is 6.54 Å². The maximum absolute atomic E-state index is 10.1. The lowest BCUT2D eigenvalue weighted by molar-refractivity contribution is 0.119. The molecule has 1 aromatic rings. The summed E-state index contributed by atoms with van der Waals surface area (Å²) in [6.45, 7) is 6.65. The summed E-state index contributed by atoms with van der Waals surface area (Å²) in [6, 6.07) is 5.41. The van der Waals surface area contributed by atoms with Crippen LogP contribution in [0.5, 0.6) is 5.75 Å². The van der Waals surface area contributed by atoms with Crippen LogP contribution in [0.1, 0.15) is 25.5 Å². The van der Waals surface area contributed by atoms with Crippen LogP contribution in [-0.2, 0) is 0 Å². The molecular weight excluding hydrogens is 216 g/mol. The maximum Gasteiger partial charge on any atom is 0.141 e. The molecular formula is C13H22N2O2. The number of ether oxygens (including phenoxy) is 1. The summed E-state index contributed by atoms with van der Waals surface area (Å²) < 4.78 is 5.09. The van der Waals surface area contributed by atoms with Crippen molar-refractivity contribution in [3.05, 3.63) is 23.8 Å². The fourth-order valence-corrected chi connectivity index (χ4v) is 1.79. The summed E-state index contributed by atoms with van der Waals surface area (Å²) in [5.41, 5.74) is 7.20. The number of hydrogen-bond donors (Lipinski definition) is 2. The lowest BCUT2D eigenvalue weighted by atomic mass is 10.1. The molecule has 4 heteroatoms. The molecule has 0 aliphatic heterocycles. The van der Waals surface area contributed by atoms with Crippen molar-refractivity contribution >= 4 is 5.69 Å². The van der Waals surface area contributed by atoms with E-state index < -0.39 is 6.10 Å². The molecule has 0 fully saturated rings. The number of aliphatic hydroxyl groups excluding tert-OH is 1. The molecule has 0 saturated heterocycles. The Morgan fingerprint density at radius 2 is 2.00 bits per heavy atom. The van der Waals surface area contributed by atoms with Crippen LogP contribution in [0.25, 0.3) is 0 Å². The Hall–Kier alpha value is -1.26. The van der Waals surface area contributed by atoms with E-state index >= 15 is 0 Å². The van der Waals surface area contributed by atoms with Gasteiger partial charge in [-0.05, 0) is 30.8 Å². The molecule has 0 radical (unpaired) electrons. The van der Waals surface area contributed by atoms with Gasteiger partial charge >= 0.3 is 0 Å². The highest BCUT2D eigenvalue weighted by atomic mass is 16.5. The SMILES string of the molecule is CCN(CC)CC(O)c1ccc(OC)c(N)c1. The second-order valence-electron chi connectivity index (χ2n) is 4.00. The second kappa shape index (κ2) is 6.47. The predicted octanol–water partition coefficient (Wildman–Crippen LogP) is 1.65. The molecule has 1 rings (SSSR count). The molecule has 1 atom stereocenters. The molecule has 1 unspecified atom stereocenters. The van der Waals surface area contributed by atoms with Gasteiger partial charge in [-0.1, -0.05) is 19.9 Å². The molecule has 4 nitrogen and oxygen atoms in total. The number of methoxy groups -OCH3 is 1. The predicted molar refractivity (Wildman–Crippen MR) is 70.2 cm³/mol. The topological polar surface area (TPSA) is 58.7 Å². The van der Waals surface area contributed by atoms with Crippen LogP contribution in [0.4, 0.5) is 5.69 Å². The summed E-state index contributed by atoms with van der Waals surface area (Å²) in [5, 5.41) is 10.1. The van der Waals surface area contributed by atoms with E-state index in [0.717, 1.165) is 18.7 Å². The number of likely N-dealkylation sites (N-methyl/N-ethyl adjacent to an activating group) is 1. The highest BCUT2D eigenvalue weighted by molar-refractivity contribution is 5.54. The van der Waals surface area contributed by atoms with Crippen molar-refractivity contribution < 1.29 is 9.84 Å². The van der Waals surface area contributed by atoms with Gasteiger partial charge in [0.15, 0.2) is 0 Å². The Morgan fingerprint density at radius 1 is 1.35 bits per heavy atom. The van der Waals surface area contributed by atoms with Crippen LogP contribution in [0.3, 0.4) is 0 Å². The van der Waals surface area contributed by atoms with Crippen LogP contribution in [0.15, 0.2) is 18.2 Å². The van der Waals surface area contributed by atoms with E-state index in [0.29, 0.717) is 18.0 Å². The van der Waals surface area contributed by atoms with Crippen molar-refractivity contribution in [1.29, 1.82) is 0 Å². The summed E-state index contributed by atoms with van der Waals surface area (Å²) in [7, 11) is 1.58. The first kappa shape index (κ1) is 13.8. The first-order chi connectivity index (χ1) is 8.12. The third-order valence-corrected chi connectivity index (χ3v) is 2.96. The highest BCUT2D eigenvalue weighted by Crippen LogP contribution is 2.25. The largest absolute Gasteiger partial charge is 0.495 e. The zero-order valence-electron chi connectivity index (χ0n) is 10.8. The number of nitrogen functional groups attached to an aromatic ring is 1. The third kappa shape index (κ3) is 3.61. The van der Waals surface area contributed by atoms with Crippen molar-refractivity contribution in [2.24, 2.45) is 0 Å². The van der Waals surface area contributed by atoms with E-state index in [4.69, 9.17) is 10.5 Å². The first-order valence-corrected chi connectivity index (χ1v) is 5.96. The number of aliphatic hydroxyl groups is 1. The minimum atomic E-state index is -0.511. The number of benzene rings is 1. The average molecular weight is 238 g/mol. The number of hydrogen-bond acceptors (Lipinski definition) is 4. The number of anilines is 1. The van der Waals surface area contributed by atoms with Gasteiger partial charge in [0.25, 0.3) is 0 Å². The zero-order chi connectivity index (χ0) is 12.8. The lowest BCUT2D eigenvalue weighted by Gasteiger charge is -2.22. The van der Waals surface area contributed by atoms with E-state index in [1.165, 1.54) is 0 Å². The van der Waals surface area contributed by atoms with Gasteiger partial charge in [-0.15, -0.1) is 0 Å². The van der Waals surface area contributed by atoms with Crippen LogP contribution in [0, 0.1) is 0 Å². The van der Waals surface area contributed by atoms with E-state index in [9.17, 15) is 5.11 Å². The van der Waals surface area contributed by atoms with Crippen LogP contribution in [-0.4, -0.2) is 36.8 Å². The Bertz CT molecular complexity index is 351. The normalized spacial score (nSPS) is 12.8. The Kier molecular flexibility index (Phi) is 5.25. The van der Waals surface area contributed by atoms with Crippen molar-refractivity contribution in [3.8, 4) is 5.75 Å². The minimum Gasteiger partial charge on any atom is -0.495 e. The molecule has 0 bridgehead atoms. The smallest absolute Gasteiger partial charge is 0.141 e. The number of nitrogens with two attached hydrogens (primary N) is 1. The van der Waals surface area contributed by atoms with Crippen molar-refractivity contribution in [1.82, 2.24) is 4.90 Å². The summed E-state index contributed by atoms with van der Waals surface area (Å²) in [6.07, 6.45) is -0.511. The zero-order valence-corrected chi connectivity index (χ0v) is 10.8. The molecule has 3 N–H and O–H groups in total. The second-order valence-corrected chi connectivity index (χ2v) is 4.00. The molecule has 0 aliphatic rings. The van der Waals surface area contributed by atoms with Gasteiger partial charge < -0.3 is 20.5 Å². The van der Waals surface area contributed by atoms with Crippen molar-refractivity contribution in [2.45, 2.75) is 20.0 Å². The van der Waals surface area contributed by atoms with E-state index in [1.807, 2.05) is 6.07 Å². The first-order valence-electron chi connectivity index (χ1n) is 5.96. The molecule has 96 valence electrons. The summed E-state index contributed by atoms with van der Waals surface area (Å²) in [5.74, 6) is 0.642. The van der Waals surface area contributed by atoms with Gasteiger partial charge in [-0.25, -0.2) is 0 Å². The molecule has 0 aromatic heterocycles. The van der Waals surface area contributed by atoms with Gasteiger partial charge in [-0.2, -0.15) is 0 Å². The standard InChI is InChI=1S/C13H22N2O2/c1-4-15(5-2)9-12(16)10-6-7-13(17-3)11(14)8-10/h6-8,12,16H,4-5,9,14H2,1-3H3. The fourth-order valence-electron chi connectivity index (χ4n) is 1.79. The van der Waals surface area contributed by atoms with Crippen molar-refractivity contribution in [2.75, 3.05) is 32.5 Å². The highest BCUT2D eigenvalue weighted by Gasteiger charge is 2.12. The lowest BCUT2D eigenvalue weighted by Crippen LogP contribution is -2.28. The van der Waals surface area contributed by atoms with Gasteiger partial charge in [-0.3, -0.25) is 0 Å². The number of nitrogens with zero attached hydrogens (tertiary/aromatic N) is 1. The van der Waals surface area contributed by atoms with Gasteiger partial charge in [0.05, 0.1) is 18.9 Å². The number of rotatable bonds is 6. The van der Waals surface area contributed by atoms with Crippen molar-refractivity contribution in [3.63, 3.8) is 0 Å². The molecule has 0 aliphatic carbocycles. The molecule has 17 heavy (non-hydrogen) atoms. The third-order valence-electron chi connectivity index (χ3n) is 2.96. The van der Waals surface area contributed by atoms with Gasteiger partial charge in [0.2, 0.25) is 0 Å². The molecule has 1 aromatic carbocycles. The van der Waals surface area contributed by atoms with Crippen LogP contribution < -0.4 is 10.5 Å². The molecule has 0 saturated carbocycles. The van der Waals surface area contributed by atoms with E-state index in [-0.39, 0.29) is 0 Å². The summed E-state index contributed by atoms with van der Waals surface area (Å²) >= 11 is 0. The van der Waals surface area contributed by atoms with Gasteiger partial charge in [0.1, 0.15) is 5.75 Å². The van der Waals surface area contributed by atoms with Crippen LogP contribution >= 0.6 is 0 Å². The Morgan fingerprint density at radius 3 is 2.47 bits per heavy atom. The van der Waals surface area contributed by atoms with E-state index in [1.54, 1.807) is 19.2 Å². The Labute approximate surface area is 103 Å². The Balaban J connectivity index is 2.75. The fraction of sp³-hybridized carbons (Fsp3) is 0.538. The molecule has 0 spiro atoms. The average Bonchev–Trinajstić information content (AvgIpc) is 2.35. The van der Waals surface area contributed by atoms with E-state index in [2.05, 4.69) is 18.7 Å². The quantitative estimate of drug-likeness (QED) is 0.740.